The van der Waals surface area contributed by atoms with Gasteiger partial charge in [-0.2, -0.15) is 5.10 Å². The van der Waals surface area contributed by atoms with Crippen LogP contribution in [0.25, 0.3) is 22.4 Å². The molecule has 34 heavy (non-hydrogen) atoms. The molecule has 1 amide bonds. The molecule has 2 saturated heterocycles. The topological polar surface area (TPSA) is 109 Å². The van der Waals surface area contributed by atoms with Gasteiger partial charge in [0.05, 0.1) is 29.2 Å². The smallest absolute Gasteiger partial charge is 0.277 e. The van der Waals surface area contributed by atoms with E-state index in [2.05, 4.69) is 31.3 Å². The molecule has 9 nitrogen and oxygen atoms in total. The van der Waals surface area contributed by atoms with Gasteiger partial charge in [-0.3, -0.25) is 14.5 Å². The molecule has 0 radical (unpaired) electrons. The standard InChI is InChI=1S/C25H26N6O3/c1-14-7-15(5-6-26-14)25-29-21(13-34-25)24(33)28-20-11-22-16(12-27-30(22)2)8-23(20)31-17-3-4-18(31)10-19(32)9-17/h5-8,11-13,17-19,32H,3-4,9-10H2,1-2H3,(H,28,33). The lowest BCUT2D eigenvalue weighted by molar-refractivity contribution is 0.102. The van der Waals surface area contributed by atoms with Crippen molar-refractivity contribution in [2.75, 3.05) is 10.2 Å². The van der Waals surface area contributed by atoms with Crippen LogP contribution in [0, 0.1) is 6.92 Å². The van der Waals surface area contributed by atoms with E-state index >= 15 is 0 Å². The quantitative estimate of drug-likeness (QED) is 0.480. The molecule has 1 aromatic carbocycles. The average molecular weight is 459 g/mol. The van der Waals surface area contributed by atoms with Gasteiger partial charge < -0.3 is 19.7 Å². The van der Waals surface area contributed by atoms with Gasteiger partial charge in [0.2, 0.25) is 5.89 Å². The Kier molecular flexibility index (Phi) is 4.88. The van der Waals surface area contributed by atoms with Crippen LogP contribution in [0.3, 0.4) is 0 Å². The highest BCUT2D eigenvalue weighted by atomic mass is 16.3. The molecule has 3 aromatic heterocycles. The molecule has 2 bridgehead atoms. The van der Waals surface area contributed by atoms with E-state index in [-0.39, 0.29) is 29.8 Å². The van der Waals surface area contributed by atoms with Crippen LogP contribution in [-0.2, 0) is 7.05 Å². The first-order valence-corrected chi connectivity index (χ1v) is 11.6. The van der Waals surface area contributed by atoms with Crippen LogP contribution in [0.5, 0.6) is 0 Å². The second-order valence-corrected chi connectivity index (χ2v) is 9.29. The molecular weight excluding hydrogens is 432 g/mol. The summed E-state index contributed by atoms with van der Waals surface area (Å²) in [5.41, 5.74) is 4.42. The number of rotatable bonds is 4. The third kappa shape index (κ3) is 3.52. The van der Waals surface area contributed by atoms with Gasteiger partial charge in [-0.05, 0) is 56.9 Å². The fourth-order valence-corrected chi connectivity index (χ4v) is 5.42. The highest BCUT2D eigenvalue weighted by Crippen LogP contribution is 2.43. The summed E-state index contributed by atoms with van der Waals surface area (Å²) in [7, 11) is 1.88. The number of piperidine rings is 1. The van der Waals surface area contributed by atoms with E-state index in [4.69, 9.17) is 4.42 Å². The first kappa shape index (κ1) is 20.9. The number of benzene rings is 1. The summed E-state index contributed by atoms with van der Waals surface area (Å²) in [6.07, 6.45) is 8.21. The molecule has 2 unspecified atom stereocenters. The van der Waals surface area contributed by atoms with Crippen molar-refractivity contribution in [2.45, 2.75) is 50.8 Å². The molecule has 2 fully saturated rings. The molecule has 2 aliphatic rings. The van der Waals surface area contributed by atoms with Crippen molar-refractivity contribution in [3.63, 3.8) is 0 Å². The molecular formula is C25H26N6O3. The van der Waals surface area contributed by atoms with E-state index in [1.807, 2.05) is 32.3 Å². The number of amides is 1. The second kappa shape index (κ2) is 7.95. The van der Waals surface area contributed by atoms with Crippen LogP contribution in [0.2, 0.25) is 0 Å². The Labute approximate surface area is 196 Å². The Balaban J connectivity index is 1.35. The predicted molar refractivity (Wildman–Crippen MR) is 128 cm³/mol. The maximum Gasteiger partial charge on any atom is 0.277 e. The number of nitrogens with one attached hydrogen (secondary N) is 1. The minimum Gasteiger partial charge on any atom is -0.444 e. The molecule has 0 saturated carbocycles. The predicted octanol–water partition coefficient (Wildman–Crippen LogP) is 3.68. The van der Waals surface area contributed by atoms with Crippen molar-refractivity contribution in [3.8, 4) is 11.5 Å². The molecule has 2 atom stereocenters. The molecule has 2 N–H and O–H groups in total. The Bertz CT molecular complexity index is 1380. The Morgan fingerprint density at radius 1 is 1.21 bits per heavy atom. The highest BCUT2D eigenvalue weighted by Gasteiger charge is 2.41. The van der Waals surface area contributed by atoms with Crippen LogP contribution in [-0.4, -0.2) is 48.9 Å². The van der Waals surface area contributed by atoms with E-state index in [0.717, 1.165) is 53.5 Å². The number of hydrogen-bond donors (Lipinski definition) is 2. The van der Waals surface area contributed by atoms with Gasteiger partial charge >= 0.3 is 0 Å². The van der Waals surface area contributed by atoms with Crippen molar-refractivity contribution >= 4 is 28.2 Å². The van der Waals surface area contributed by atoms with Gasteiger partial charge in [0, 0.05) is 42.0 Å². The molecule has 9 heteroatoms. The van der Waals surface area contributed by atoms with Crippen LogP contribution >= 0.6 is 0 Å². The Morgan fingerprint density at radius 2 is 2.00 bits per heavy atom. The summed E-state index contributed by atoms with van der Waals surface area (Å²) >= 11 is 0. The van der Waals surface area contributed by atoms with Gasteiger partial charge in [0.25, 0.3) is 5.91 Å². The highest BCUT2D eigenvalue weighted by molar-refractivity contribution is 6.06. The number of pyridine rings is 1. The zero-order valence-electron chi connectivity index (χ0n) is 19.1. The van der Waals surface area contributed by atoms with E-state index in [0.29, 0.717) is 11.6 Å². The summed E-state index contributed by atoms with van der Waals surface area (Å²) < 4.78 is 7.39. The summed E-state index contributed by atoms with van der Waals surface area (Å²) in [6.45, 7) is 1.89. The number of aliphatic hydroxyl groups excluding tert-OH is 1. The van der Waals surface area contributed by atoms with E-state index < -0.39 is 0 Å². The molecule has 0 aliphatic carbocycles. The number of aryl methyl sites for hydroxylation is 2. The van der Waals surface area contributed by atoms with Crippen LogP contribution in [0.15, 0.2) is 47.3 Å². The average Bonchev–Trinajstić information content (AvgIpc) is 3.51. The van der Waals surface area contributed by atoms with E-state index in [1.54, 1.807) is 16.9 Å². The second-order valence-electron chi connectivity index (χ2n) is 9.29. The summed E-state index contributed by atoms with van der Waals surface area (Å²) in [5.74, 6) is 0.0361. The third-order valence-corrected chi connectivity index (χ3v) is 6.98. The SMILES string of the molecule is Cc1cc(-c2nc(C(=O)Nc3cc4c(cnn4C)cc3N3C4CCC3CC(O)C4)co2)ccn1. The number of nitrogens with zero attached hydrogens (tertiary/aromatic N) is 5. The third-order valence-electron chi connectivity index (χ3n) is 6.98. The maximum atomic E-state index is 13.2. The number of aromatic nitrogens is 4. The summed E-state index contributed by atoms with van der Waals surface area (Å²) in [4.78, 5) is 24.2. The van der Waals surface area contributed by atoms with Crippen molar-refractivity contribution in [3.05, 3.63) is 54.3 Å². The van der Waals surface area contributed by atoms with E-state index in [1.165, 1.54) is 6.26 Å². The fourth-order valence-electron chi connectivity index (χ4n) is 5.42. The number of oxazole rings is 1. The first-order valence-electron chi connectivity index (χ1n) is 11.6. The van der Waals surface area contributed by atoms with Crippen molar-refractivity contribution in [1.82, 2.24) is 19.7 Å². The lowest BCUT2D eigenvalue weighted by Gasteiger charge is -2.40. The minimum atomic E-state index is -0.340. The van der Waals surface area contributed by atoms with Gasteiger partial charge in [0.15, 0.2) is 5.69 Å². The zero-order valence-corrected chi connectivity index (χ0v) is 19.1. The van der Waals surface area contributed by atoms with Crippen LogP contribution in [0.4, 0.5) is 11.4 Å². The number of carbonyl (C=O) groups is 1. The van der Waals surface area contributed by atoms with Gasteiger partial charge in [0.1, 0.15) is 6.26 Å². The molecule has 2 aliphatic heterocycles. The molecule has 0 spiro atoms. The number of aliphatic hydroxyl groups is 1. The van der Waals surface area contributed by atoms with Crippen LogP contribution < -0.4 is 10.2 Å². The Morgan fingerprint density at radius 3 is 2.76 bits per heavy atom. The van der Waals surface area contributed by atoms with Crippen molar-refractivity contribution < 1.29 is 14.3 Å². The van der Waals surface area contributed by atoms with Crippen molar-refractivity contribution in [2.24, 2.45) is 7.05 Å². The van der Waals surface area contributed by atoms with E-state index in [9.17, 15) is 9.90 Å². The van der Waals surface area contributed by atoms with Crippen LogP contribution in [0.1, 0.15) is 41.9 Å². The monoisotopic (exact) mass is 458 g/mol. The summed E-state index contributed by atoms with van der Waals surface area (Å²) in [5, 5.41) is 18.7. The molecule has 5 heterocycles. The zero-order chi connectivity index (χ0) is 23.4. The maximum absolute atomic E-state index is 13.2. The summed E-state index contributed by atoms with van der Waals surface area (Å²) in [6, 6.07) is 8.24. The lowest BCUT2D eigenvalue weighted by Crippen LogP contribution is -2.45. The number of carbonyl (C=O) groups excluding carboxylic acids is 1. The fraction of sp³-hybridized carbons (Fsp3) is 0.360. The normalized spacial score (nSPS) is 21.9. The first-order chi connectivity index (χ1) is 16.5. The Hall–Kier alpha value is -3.72. The number of hydrogen-bond acceptors (Lipinski definition) is 7. The van der Waals surface area contributed by atoms with Crippen molar-refractivity contribution in [1.29, 1.82) is 0 Å². The van der Waals surface area contributed by atoms with Gasteiger partial charge in [-0.25, -0.2) is 4.98 Å². The minimum absolute atomic E-state index is 0.206. The number of fused-ring (bicyclic) bond motifs is 3. The number of anilines is 2. The van der Waals surface area contributed by atoms with Gasteiger partial charge in [-0.1, -0.05) is 0 Å². The largest absolute Gasteiger partial charge is 0.444 e. The molecule has 6 rings (SSSR count). The van der Waals surface area contributed by atoms with Gasteiger partial charge in [-0.15, -0.1) is 0 Å². The lowest BCUT2D eigenvalue weighted by atomic mass is 9.98. The molecule has 4 aromatic rings. The molecule has 174 valence electrons.